The maximum absolute atomic E-state index is 14.9. The summed E-state index contributed by atoms with van der Waals surface area (Å²) in [6, 6.07) is 29.3. The van der Waals surface area contributed by atoms with E-state index >= 15 is 0 Å². The second kappa shape index (κ2) is 7.19. The van der Waals surface area contributed by atoms with E-state index in [1.807, 2.05) is 60.7 Å². The molecular formula is C26H17F2OP. The van der Waals surface area contributed by atoms with E-state index < -0.39 is 13.0 Å². The topological polar surface area (TPSA) is 17.1 Å². The summed E-state index contributed by atoms with van der Waals surface area (Å²) in [5.74, 6) is -0.778. The molecule has 1 nitrogen and oxygen atoms in total. The third kappa shape index (κ3) is 2.86. The second-order valence-electron chi connectivity index (χ2n) is 7.20. The molecular weight excluding hydrogens is 397 g/mol. The van der Waals surface area contributed by atoms with Gasteiger partial charge in [0.25, 0.3) is 0 Å². The van der Waals surface area contributed by atoms with Gasteiger partial charge in [0, 0.05) is 21.5 Å². The minimum absolute atomic E-state index is 0.387. The van der Waals surface area contributed by atoms with Crippen LogP contribution in [0, 0.1) is 11.6 Å². The summed E-state index contributed by atoms with van der Waals surface area (Å²) in [7, 11) is -3.36. The van der Waals surface area contributed by atoms with Crippen molar-refractivity contribution in [3.8, 4) is 0 Å². The predicted octanol–water partition coefficient (Wildman–Crippen LogP) is 6.21. The summed E-state index contributed by atoms with van der Waals surface area (Å²) < 4.78 is 42.9. The van der Waals surface area contributed by atoms with E-state index in [4.69, 9.17) is 0 Å². The van der Waals surface area contributed by atoms with E-state index in [1.165, 1.54) is 24.3 Å². The number of rotatable bonds is 3. The molecule has 4 aromatic rings. The van der Waals surface area contributed by atoms with Crippen LogP contribution < -0.4 is 10.6 Å². The highest BCUT2D eigenvalue weighted by molar-refractivity contribution is 7.88. The van der Waals surface area contributed by atoms with Gasteiger partial charge in [0.15, 0.2) is 7.14 Å². The molecule has 0 aliphatic carbocycles. The van der Waals surface area contributed by atoms with E-state index in [-0.39, 0.29) is 5.82 Å². The average Bonchev–Trinajstić information content (AvgIpc) is 3.04. The summed E-state index contributed by atoms with van der Waals surface area (Å²) in [6.45, 7) is 0. The Hall–Kier alpha value is -3.29. The lowest BCUT2D eigenvalue weighted by Gasteiger charge is -2.19. The zero-order valence-corrected chi connectivity index (χ0v) is 16.8. The fourth-order valence-corrected chi connectivity index (χ4v) is 7.35. The van der Waals surface area contributed by atoms with Crippen molar-refractivity contribution in [3.63, 3.8) is 0 Å². The summed E-state index contributed by atoms with van der Waals surface area (Å²) in [4.78, 5) is 0. The van der Waals surface area contributed by atoms with Gasteiger partial charge in [0.1, 0.15) is 11.6 Å². The van der Waals surface area contributed by atoms with Crippen LogP contribution in [0.1, 0.15) is 16.7 Å². The molecule has 0 saturated carbocycles. The van der Waals surface area contributed by atoms with E-state index in [2.05, 4.69) is 0 Å². The van der Waals surface area contributed by atoms with Gasteiger partial charge in [0.05, 0.1) is 0 Å². The number of fused-ring (bicyclic) bond motifs is 1. The zero-order chi connectivity index (χ0) is 20.7. The van der Waals surface area contributed by atoms with Crippen molar-refractivity contribution in [2.45, 2.75) is 0 Å². The number of halogens is 2. The zero-order valence-electron chi connectivity index (χ0n) is 15.9. The lowest BCUT2D eigenvalue weighted by molar-refractivity contribution is 0.593. The summed E-state index contributed by atoms with van der Waals surface area (Å²) in [5.41, 5.74) is 3.04. The lowest BCUT2D eigenvalue weighted by Crippen LogP contribution is -2.16. The molecule has 4 heteroatoms. The Labute approximate surface area is 173 Å². The van der Waals surface area contributed by atoms with Crippen LogP contribution in [0.5, 0.6) is 0 Å². The van der Waals surface area contributed by atoms with E-state index in [0.717, 1.165) is 16.7 Å². The van der Waals surface area contributed by atoms with Gasteiger partial charge in [0.2, 0.25) is 0 Å². The standard InChI is InChI=1S/C26H17F2OP/c27-20-11-14-22(15-12-20)30(29)24-16-13-21(28)17-23(24)25(18-7-3-1-4-8-18)26(30)19-9-5-2-6-10-19/h1-17H/t30-/m0/s1. The van der Waals surface area contributed by atoms with Crippen LogP contribution in [-0.2, 0) is 4.57 Å². The van der Waals surface area contributed by atoms with Crippen molar-refractivity contribution < 1.29 is 13.3 Å². The molecule has 30 heavy (non-hydrogen) atoms. The molecule has 0 amide bonds. The predicted molar refractivity (Wildman–Crippen MR) is 118 cm³/mol. The minimum atomic E-state index is -3.36. The molecule has 0 radical (unpaired) electrons. The Balaban J connectivity index is 1.93. The van der Waals surface area contributed by atoms with Gasteiger partial charge in [-0.25, -0.2) is 8.78 Å². The van der Waals surface area contributed by atoms with Crippen molar-refractivity contribution in [3.05, 3.63) is 131 Å². The molecule has 1 heterocycles. The SMILES string of the molecule is O=[P@]1(c2ccc(F)cc2)C(c2ccccc2)=C(c2ccccc2)c2cc(F)ccc21. The normalized spacial score (nSPS) is 17.8. The van der Waals surface area contributed by atoms with Crippen LogP contribution in [-0.4, -0.2) is 0 Å². The Morgan fingerprint density at radius 1 is 0.600 bits per heavy atom. The molecule has 0 spiro atoms. The summed E-state index contributed by atoms with van der Waals surface area (Å²) >= 11 is 0. The number of benzene rings is 4. The Morgan fingerprint density at radius 2 is 1.17 bits per heavy atom. The van der Waals surface area contributed by atoms with Gasteiger partial charge in [-0.3, -0.25) is 0 Å². The van der Waals surface area contributed by atoms with E-state index in [0.29, 0.717) is 21.5 Å². The van der Waals surface area contributed by atoms with Crippen LogP contribution in [0.4, 0.5) is 8.78 Å². The van der Waals surface area contributed by atoms with Gasteiger partial charge in [-0.15, -0.1) is 0 Å². The van der Waals surface area contributed by atoms with Crippen LogP contribution in [0.25, 0.3) is 10.9 Å². The fourth-order valence-electron chi connectivity index (χ4n) is 4.13. The molecule has 5 rings (SSSR count). The molecule has 0 saturated heterocycles. The van der Waals surface area contributed by atoms with Crippen molar-refractivity contribution >= 4 is 28.6 Å². The van der Waals surface area contributed by atoms with Crippen molar-refractivity contribution in [2.75, 3.05) is 0 Å². The molecule has 0 N–H and O–H groups in total. The fraction of sp³-hybridized carbons (Fsp3) is 0. The summed E-state index contributed by atoms with van der Waals surface area (Å²) in [5, 5.41) is 1.76. The Kier molecular flexibility index (Phi) is 4.49. The quantitative estimate of drug-likeness (QED) is 0.364. The number of hydrogen-bond acceptors (Lipinski definition) is 1. The lowest BCUT2D eigenvalue weighted by atomic mass is 9.95. The van der Waals surface area contributed by atoms with Gasteiger partial charge in [-0.05, 0) is 59.2 Å². The Bertz CT molecular complexity index is 1310. The van der Waals surface area contributed by atoms with Crippen LogP contribution in [0.3, 0.4) is 0 Å². The molecule has 0 aromatic heterocycles. The van der Waals surface area contributed by atoms with Gasteiger partial charge in [-0.2, -0.15) is 0 Å². The van der Waals surface area contributed by atoms with Crippen LogP contribution in [0.15, 0.2) is 103 Å². The summed E-state index contributed by atoms with van der Waals surface area (Å²) in [6.07, 6.45) is 0. The number of hydrogen-bond donors (Lipinski definition) is 0. The van der Waals surface area contributed by atoms with Gasteiger partial charge < -0.3 is 4.57 Å². The highest BCUT2D eigenvalue weighted by Gasteiger charge is 2.43. The van der Waals surface area contributed by atoms with Crippen molar-refractivity contribution in [1.82, 2.24) is 0 Å². The van der Waals surface area contributed by atoms with Crippen molar-refractivity contribution in [1.29, 1.82) is 0 Å². The molecule has 1 aliphatic rings. The monoisotopic (exact) mass is 414 g/mol. The first kappa shape index (κ1) is 18.7. The maximum atomic E-state index is 14.9. The smallest absolute Gasteiger partial charge is 0.172 e. The van der Waals surface area contributed by atoms with Crippen molar-refractivity contribution in [2.24, 2.45) is 0 Å². The second-order valence-corrected chi connectivity index (χ2v) is 9.87. The molecule has 0 unspecified atom stereocenters. The molecule has 1 aliphatic heterocycles. The third-order valence-corrected chi connectivity index (χ3v) is 8.62. The maximum Gasteiger partial charge on any atom is 0.172 e. The highest BCUT2D eigenvalue weighted by atomic mass is 31.2. The van der Waals surface area contributed by atoms with E-state index in [9.17, 15) is 13.3 Å². The molecule has 4 aromatic carbocycles. The first-order chi connectivity index (χ1) is 14.6. The molecule has 146 valence electrons. The van der Waals surface area contributed by atoms with Gasteiger partial charge >= 0.3 is 0 Å². The molecule has 1 atom stereocenters. The average molecular weight is 414 g/mol. The highest BCUT2D eigenvalue weighted by Crippen LogP contribution is 2.65. The molecule has 0 bridgehead atoms. The first-order valence-corrected chi connectivity index (χ1v) is 11.3. The largest absolute Gasteiger partial charge is 0.309 e. The third-order valence-electron chi connectivity index (χ3n) is 5.42. The van der Waals surface area contributed by atoms with Crippen LogP contribution >= 0.6 is 7.14 Å². The minimum Gasteiger partial charge on any atom is -0.309 e. The Morgan fingerprint density at radius 3 is 1.80 bits per heavy atom. The van der Waals surface area contributed by atoms with E-state index in [1.54, 1.807) is 18.2 Å². The molecule has 0 fully saturated rings. The van der Waals surface area contributed by atoms with Crippen LogP contribution in [0.2, 0.25) is 0 Å². The first-order valence-electron chi connectivity index (χ1n) is 9.61. The van der Waals surface area contributed by atoms with Gasteiger partial charge in [-0.1, -0.05) is 60.7 Å².